The van der Waals surface area contributed by atoms with Crippen LogP contribution in [0.1, 0.15) is 22.3 Å². The largest absolute Gasteiger partial charge is 0.113 e. The van der Waals surface area contributed by atoms with Gasteiger partial charge in [-0.05, 0) is 137 Å². The van der Waals surface area contributed by atoms with Crippen molar-refractivity contribution in [3.63, 3.8) is 0 Å². The van der Waals surface area contributed by atoms with Crippen LogP contribution >= 0.6 is 0 Å². The van der Waals surface area contributed by atoms with Gasteiger partial charge in [0, 0.05) is 0 Å². The fourth-order valence-corrected chi connectivity index (χ4v) is 19.8. The Kier molecular flexibility index (Phi) is 8.61. The van der Waals surface area contributed by atoms with Gasteiger partial charge < -0.3 is 0 Å². The molecule has 0 aromatic heterocycles. The zero-order valence-electron chi connectivity index (χ0n) is 39.4. The molecule has 0 amide bonds. The van der Waals surface area contributed by atoms with E-state index in [0.717, 1.165) is 0 Å². The summed E-state index contributed by atoms with van der Waals surface area (Å²) >= 11 is 0. The third kappa shape index (κ3) is 5.39. The second-order valence-corrected chi connectivity index (χ2v) is 29.3. The highest BCUT2D eigenvalue weighted by Crippen LogP contribution is 2.60. The summed E-state index contributed by atoms with van der Waals surface area (Å²) < 4.78 is 0. The average Bonchev–Trinajstić information content (AvgIpc) is 3.93. The predicted molar refractivity (Wildman–Crippen MR) is 299 cm³/mol. The molecule has 11 aromatic rings. The van der Waals surface area contributed by atoms with E-state index in [0.29, 0.717) is 0 Å². The molecule has 0 atom stereocenters. The van der Waals surface area contributed by atoms with E-state index in [4.69, 9.17) is 0 Å². The highest BCUT2D eigenvalue weighted by Gasteiger charge is 2.48. The molecule has 0 spiro atoms. The summed E-state index contributed by atoms with van der Waals surface area (Å²) in [6.07, 6.45) is 0. The molecule has 0 bridgehead atoms. The molecule has 2 heterocycles. The minimum atomic E-state index is -1.94. The van der Waals surface area contributed by atoms with Gasteiger partial charge in [-0.3, -0.25) is 0 Å². The monoisotopic (exact) mass is 910 g/mol. The molecule has 2 aliphatic heterocycles. The van der Waals surface area contributed by atoms with E-state index in [1.165, 1.54) is 131 Å². The zero-order valence-corrected chi connectivity index (χ0v) is 41.4. The molecule has 0 saturated heterocycles. The summed E-state index contributed by atoms with van der Waals surface area (Å²) in [5.74, 6) is 0. The molecule has 0 unspecified atom stereocenters. The highest BCUT2D eigenvalue weighted by molar-refractivity contribution is 7.04. The second kappa shape index (κ2) is 14.7. The fourth-order valence-electron chi connectivity index (χ4n) is 13.6. The maximum atomic E-state index is 2.57. The number of hydrogen-bond acceptors (Lipinski definition) is 0. The van der Waals surface area contributed by atoms with Crippen molar-refractivity contribution in [3.8, 4) is 66.8 Å². The third-order valence-corrected chi connectivity index (χ3v) is 23.7. The van der Waals surface area contributed by atoms with Crippen LogP contribution in [0.25, 0.3) is 88.3 Å². The van der Waals surface area contributed by atoms with Gasteiger partial charge in [0.1, 0.15) is 16.1 Å². The molecule has 0 saturated carbocycles. The highest BCUT2D eigenvalue weighted by atomic mass is 28.3. The summed E-state index contributed by atoms with van der Waals surface area (Å²) in [6, 6.07) is 88.5. The van der Waals surface area contributed by atoms with Crippen LogP contribution in [-0.2, 0) is 5.41 Å². The lowest BCUT2D eigenvalue weighted by molar-refractivity contribution is 0.770. The van der Waals surface area contributed by atoms with Crippen molar-refractivity contribution in [2.24, 2.45) is 0 Å². The molecule has 14 rings (SSSR count). The van der Waals surface area contributed by atoms with Crippen molar-refractivity contribution in [3.05, 3.63) is 253 Å². The maximum absolute atomic E-state index is 2.57. The fraction of sp³-hybridized carbons (Fsp3) is 0.0746. The van der Waals surface area contributed by atoms with Crippen molar-refractivity contribution in [1.29, 1.82) is 0 Å². The van der Waals surface area contributed by atoms with Crippen LogP contribution in [0, 0.1) is 0 Å². The molecule has 0 N–H and O–H groups in total. The van der Waals surface area contributed by atoms with Crippen molar-refractivity contribution in [2.45, 2.75) is 31.6 Å². The summed E-state index contributed by atoms with van der Waals surface area (Å²) in [5, 5.41) is 11.2. The van der Waals surface area contributed by atoms with Crippen molar-refractivity contribution in [2.75, 3.05) is 0 Å². The Bertz CT molecular complexity index is 3750. The van der Waals surface area contributed by atoms with Crippen molar-refractivity contribution >= 4 is 58.4 Å². The van der Waals surface area contributed by atoms with Crippen LogP contribution in [0.2, 0.25) is 26.2 Å². The molecule has 0 radical (unpaired) electrons. The molecule has 0 nitrogen and oxygen atoms in total. The Morgan fingerprint density at radius 2 is 0.638 bits per heavy atom. The number of rotatable bonds is 5. The minimum Gasteiger partial charge on any atom is -0.0623 e. The van der Waals surface area contributed by atoms with E-state index in [1.807, 2.05) is 0 Å². The van der Waals surface area contributed by atoms with Crippen LogP contribution in [0.3, 0.4) is 0 Å². The lowest BCUT2D eigenvalue weighted by Crippen LogP contribution is -2.49. The Hall–Kier alpha value is -7.63. The summed E-state index contributed by atoms with van der Waals surface area (Å²) in [5.41, 5.74) is 20.6. The van der Waals surface area contributed by atoms with Crippen LogP contribution in [0.15, 0.2) is 231 Å². The zero-order chi connectivity index (χ0) is 46.2. The number of hydrogen-bond donors (Lipinski definition) is 0. The van der Waals surface area contributed by atoms with Gasteiger partial charge in [-0.2, -0.15) is 0 Å². The van der Waals surface area contributed by atoms with E-state index < -0.39 is 21.6 Å². The predicted octanol–water partition coefficient (Wildman–Crippen LogP) is 15.0. The number of fused-ring (bicyclic) bond motifs is 11. The summed E-state index contributed by atoms with van der Waals surface area (Å²) in [7, 11) is -3.89. The molecular weight excluding hydrogens is 861 g/mol. The van der Waals surface area contributed by atoms with Crippen LogP contribution < -0.4 is 20.7 Å². The molecule has 69 heavy (non-hydrogen) atoms. The quantitative estimate of drug-likeness (QED) is 0.119. The van der Waals surface area contributed by atoms with Gasteiger partial charge in [-0.1, -0.05) is 251 Å². The minimum absolute atomic E-state index is 0.574. The van der Waals surface area contributed by atoms with E-state index in [2.05, 4.69) is 257 Å². The SMILES string of the molecule is C[Si]1(C)c2ccccc2-c2c(-c3cccc4c(-c5cccc6c5C(c5ccccc5)(c5ccccc5)c5ccccc5-6)c5cccc(-c6cccc7c6-c6ccccc6[Si]7(C)C)c5cc34)cccc21. The first kappa shape index (κ1) is 40.4. The summed E-state index contributed by atoms with van der Waals surface area (Å²) in [6.45, 7) is 10.1. The van der Waals surface area contributed by atoms with E-state index in [9.17, 15) is 0 Å². The van der Waals surface area contributed by atoms with Crippen molar-refractivity contribution < 1.29 is 0 Å². The molecule has 3 aliphatic rings. The molecule has 2 heteroatoms. The van der Waals surface area contributed by atoms with E-state index in [1.54, 1.807) is 0 Å². The number of benzene rings is 11. The van der Waals surface area contributed by atoms with Gasteiger partial charge in [0.05, 0.1) is 5.41 Å². The van der Waals surface area contributed by atoms with E-state index >= 15 is 0 Å². The first-order valence-corrected chi connectivity index (χ1v) is 30.6. The Labute approximate surface area is 407 Å². The van der Waals surface area contributed by atoms with Gasteiger partial charge >= 0.3 is 0 Å². The topological polar surface area (TPSA) is 0 Å². The third-order valence-electron chi connectivity index (χ3n) is 16.6. The first-order chi connectivity index (χ1) is 33.8. The average molecular weight is 911 g/mol. The first-order valence-electron chi connectivity index (χ1n) is 24.6. The molecule has 326 valence electrons. The van der Waals surface area contributed by atoms with Gasteiger partial charge in [0.25, 0.3) is 0 Å². The molecule has 1 aliphatic carbocycles. The molecule has 11 aromatic carbocycles. The van der Waals surface area contributed by atoms with Crippen LogP contribution in [0.5, 0.6) is 0 Å². The smallest absolute Gasteiger partial charge is 0.0623 e. The Morgan fingerprint density at radius 1 is 0.261 bits per heavy atom. The van der Waals surface area contributed by atoms with Gasteiger partial charge in [0.2, 0.25) is 0 Å². The van der Waals surface area contributed by atoms with Crippen LogP contribution in [0.4, 0.5) is 0 Å². The molecule has 0 fully saturated rings. The maximum Gasteiger partial charge on any atom is 0.113 e. The summed E-state index contributed by atoms with van der Waals surface area (Å²) in [4.78, 5) is 0. The Balaban J connectivity index is 1.16. The normalized spacial score (nSPS) is 15.0. The van der Waals surface area contributed by atoms with Gasteiger partial charge in [-0.15, -0.1) is 0 Å². The standard InChI is InChI=1S/C67H50Si2/c1-68(2)59-38-15-12-27-53(59)64-48(33-20-40-61(64)68)45-29-17-31-50-56(45)42-57-46(49-34-21-41-62-65(49)54-28-13-16-39-60(54)69(62,3)4)30-18-32-51(57)63(50)55-36-19-35-52-47-26-11-14-37-58(47)67(66(52)55,43-22-7-5-8-23-43)44-24-9-6-10-25-44/h5-42H,1-4H3. The second-order valence-electron chi connectivity index (χ2n) is 20.6. The Morgan fingerprint density at radius 3 is 1.17 bits per heavy atom. The lowest BCUT2D eigenvalue weighted by atomic mass is 9.65. The van der Waals surface area contributed by atoms with E-state index in [-0.39, 0.29) is 0 Å². The van der Waals surface area contributed by atoms with Gasteiger partial charge in [0.15, 0.2) is 0 Å². The van der Waals surface area contributed by atoms with Crippen LogP contribution in [-0.4, -0.2) is 16.1 Å². The van der Waals surface area contributed by atoms with Crippen molar-refractivity contribution in [1.82, 2.24) is 0 Å². The van der Waals surface area contributed by atoms with Gasteiger partial charge in [-0.25, -0.2) is 0 Å². The lowest BCUT2D eigenvalue weighted by Gasteiger charge is -2.35. The molecular formula is C67H50Si2.